The van der Waals surface area contributed by atoms with Crippen molar-refractivity contribution in [1.29, 1.82) is 0 Å². The Bertz CT molecular complexity index is 805. The van der Waals surface area contributed by atoms with Gasteiger partial charge in [-0.1, -0.05) is 30.3 Å². The fourth-order valence-electron chi connectivity index (χ4n) is 2.74. The Kier molecular flexibility index (Phi) is 6.14. The van der Waals surface area contributed by atoms with E-state index in [0.717, 1.165) is 43.4 Å². The van der Waals surface area contributed by atoms with E-state index in [1.807, 2.05) is 50.6 Å². The zero-order valence-electron chi connectivity index (χ0n) is 15.4. The van der Waals surface area contributed by atoms with Gasteiger partial charge in [-0.25, -0.2) is 4.98 Å². The highest BCUT2D eigenvalue weighted by molar-refractivity contribution is 5.43. The van der Waals surface area contributed by atoms with E-state index in [2.05, 4.69) is 49.4 Å². The molecule has 0 aliphatic carbocycles. The molecular weight excluding hydrogens is 322 g/mol. The molecule has 134 valence electrons. The van der Waals surface area contributed by atoms with Crippen LogP contribution >= 0.6 is 0 Å². The maximum Gasteiger partial charge on any atom is 0.227 e. The second kappa shape index (κ2) is 8.94. The first kappa shape index (κ1) is 17.9. The van der Waals surface area contributed by atoms with Crippen molar-refractivity contribution < 1.29 is 0 Å². The Hall–Kier alpha value is -2.95. The Labute approximate surface area is 155 Å². The van der Waals surface area contributed by atoms with Crippen molar-refractivity contribution >= 4 is 11.8 Å². The monoisotopic (exact) mass is 347 g/mol. The molecule has 0 atom stereocenters. The van der Waals surface area contributed by atoms with Gasteiger partial charge in [0.2, 0.25) is 5.95 Å². The lowest BCUT2D eigenvalue weighted by Gasteiger charge is -2.18. The van der Waals surface area contributed by atoms with Crippen LogP contribution in [0.3, 0.4) is 0 Å². The average Bonchev–Trinajstić information content (AvgIpc) is 2.67. The van der Waals surface area contributed by atoms with Gasteiger partial charge in [-0.15, -0.1) is 0 Å². The fourth-order valence-corrected chi connectivity index (χ4v) is 2.74. The van der Waals surface area contributed by atoms with Gasteiger partial charge in [-0.3, -0.25) is 4.98 Å². The van der Waals surface area contributed by atoms with Crippen molar-refractivity contribution in [3.05, 3.63) is 77.7 Å². The van der Waals surface area contributed by atoms with E-state index in [0.29, 0.717) is 0 Å². The lowest BCUT2D eigenvalue weighted by Crippen LogP contribution is -2.23. The van der Waals surface area contributed by atoms with Gasteiger partial charge in [0.15, 0.2) is 0 Å². The second-order valence-electron chi connectivity index (χ2n) is 6.38. The number of anilines is 2. The number of likely N-dealkylation sites (N-methyl/N-ethyl adjacent to an activating group) is 1. The minimum absolute atomic E-state index is 0.751. The summed E-state index contributed by atoms with van der Waals surface area (Å²) >= 11 is 0. The average molecular weight is 347 g/mol. The van der Waals surface area contributed by atoms with Crippen LogP contribution in [0, 0.1) is 6.92 Å². The molecular formula is C21H25N5. The highest BCUT2D eigenvalue weighted by atomic mass is 15.2. The van der Waals surface area contributed by atoms with E-state index < -0.39 is 0 Å². The van der Waals surface area contributed by atoms with Gasteiger partial charge in [-0.05, 0) is 43.0 Å². The zero-order valence-corrected chi connectivity index (χ0v) is 15.4. The lowest BCUT2D eigenvalue weighted by atomic mass is 10.1. The zero-order chi connectivity index (χ0) is 18.2. The van der Waals surface area contributed by atoms with Crippen molar-refractivity contribution in [2.24, 2.45) is 0 Å². The number of nitrogens with zero attached hydrogens (tertiary/aromatic N) is 4. The van der Waals surface area contributed by atoms with E-state index >= 15 is 0 Å². The quantitative estimate of drug-likeness (QED) is 0.676. The molecule has 1 N–H and O–H groups in total. The van der Waals surface area contributed by atoms with Gasteiger partial charge in [0.25, 0.3) is 0 Å². The summed E-state index contributed by atoms with van der Waals surface area (Å²) in [6, 6.07) is 16.5. The van der Waals surface area contributed by atoms with E-state index in [1.165, 1.54) is 11.1 Å². The highest BCUT2D eigenvalue weighted by Crippen LogP contribution is 2.13. The molecule has 0 amide bonds. The van der Waals surface area contributed by atoms with Crippen LogP contribution in [0.4, 0.5) is 11.8 Å². The van der Waals surface area contributed by atoms with Gasteiger partial charge in [0.1, 0.15) is 5.82 Å². The van der Waals surface area contributed by atoms with E-state index in [-0.39, 0.29) is 0 Å². The fraction of sp³-hybridized carbons (Fsp3) is 0.286. The van der Waals surface area contributed by atoms with Crippen LogP contribution in [0.1, 0.15) is 16.8 Å². The number of aromatic nitrogens is 3. The van der Waals surface area contributed by atoms with Crippen LogP contribution in [0.15, 0.2) is 60.9 Å². The van der Waals surface area contributed by atoms with Crippen molar-refractivity contribution in [1.82, 2.24) is 15.0 Å². The predicted octanol–water partition coefficient (Wildman–Crippen LogP) is 3.51. The van der Waals surface area contributed by atoms with Crippen LogP contribution in [-0.4, -0.2) is 35.1 Å². The first-order valence-electron chi connectivity index (χ1n) is 8.94. The molecule has 0 unspecified atom stereocenters. The highest BCUT2D eigenvalue weighted by Gasteiger charge is 2.08. The van der Waals surface area contributed by atoms with Crippen molar-refractivity contribution in [3.63, 3.8) is 0 Å². The molecule has 0 aliphatic heterocycles. The maximum absolute atomic E-state index is 4.67. The largest absolute Gasteiger partial charge is 0.370 e. The number of aryl methyl sites for hydroxylation is 1. The molecule has 26 heavy (non-hydrogen) atoms. The first-order chi connectivity index (χ1) is 12.7. The van der Waals surface area contributed by atoms with Gasteiger partial charge in [-0.2, -0.15) is 4.98 Å². The van der Waals surface area contributed by atoms with Crippen molar-refractivity contribution in [2.75, 3.05) is 30.4 Å². The van der Waals surface area contributed by atoms with Crippen LogP contribution in [0.5, 0.6) is 0 Å². The summed E-state index contributed by atoms with van der Waals surface area (Å²) < 4.78 is 0. The summed E-state index contributed by atoms with van der Waals surface area (Å²) in [6.45, 7) is 3.71. The number of pyridine rings is 1. The Balaban J connectivity index is 1.57. The molecule has 2 aromatic heterocycles. The number of nitrogens with one attached hydrogen (secondary N) is 1. The standard InChI is InChI=1S/C21H25N5/c1-17-16-20(23-14-10-18-6-4-3-5-7-18)25-21(24-17)26(2)15-11-19-8-12-22-13-9-19/h3-9,12-13,16H,10-11,14-15H2,1-2H3,(H,23,24,25). The molecule has 5 heteroatoms. The molecule has 0 radical (unpaired) electrons. The minimum Gasteiger partial charge on any atom is -0.370 e. The van der Waals surface area contributed by atoms with Gasteiger partial charge < -0.3 is 10.2 Å². The van der Waals surface area contributed by atoms with E-state index in [4.69, 9.17) is 0 Å². The topological polar surface area (TPSA) is 53.9 Å². The Morgan fingerprint density at radius 1 is 0.923 bits per heavy atom. The van der Waals surface area contributed by atoms with Gasteiger partial charge >= 0.3 is 0 Å². The second-order valence-corrected chi connectivity index (χ2v) is 6.38. The molecule has 0 saturated heterocycles. The molecule has 1 aromatic carbocycles. The van der Waals surface area contributed by atoms with Gasteiger partial charge in [0, 0.05) is 44.3 Å². The smallest absolute Gasteiger partial charge is 0.227 e. The summed E-state index contributed by atoms with van der Waals surface area (Å²) in [7, 11) is 2.03. The third-order valence-corrected chi connectivity index (χ3v) is 4.23. The normalized spacial score (nSPS) is 10.5. The molecule has 2 heterocycles. The molecule has 3 aromatic rings. The van der Waals surface area contributed by atoms with E-state index in [9.17, 15) is 0 Å². The van der Waals surface area contributed by atoms with Crippen LogP contribution in [0.2, 0.25) is 0 Å². The third kappa shape index (κ3) is 5.28. The van der Waals surface area contributed by atoms with Crippen molar-refractivity contribution in [3.8, 4) is 0 Å². The summed E-state index contributed by atoms with van der Waals surface area (Å²) in [5.41, 5.74) is 3.55. The summed E-state index contributed by atoms with van der Waals surface area (Å²) in [5, 5.41) is 3.42. The Morgan fingerprint density at radius 3 is 2.42 bits per heavy atom. The molecule has 5 nitrogen and oxygen atoms in total. The minimum atomic E-state index is 0.751. The lowest BCUT2D eigenvalue weighted by molar-refractivity contribution is 0.831. The Morgan fingerprint density at radius 2 is 1.65 bits per heavy atom. The van der Waals surface area contributed by atoms with E-state index in [1.54, 1.807) is 0 Å². The van der Waals surface area contributed by atoms with Gasteiger partial charge in [0.05, 0.1) is 0 Å². The number of hydrogen-bond donors (Lipinski definition) is 1. The number of rotatable bonds is 8. The summed E-state index contributed by atoms with van der Waals surface area (Å²) in [6.07, 6.45) is 5.56. The predicted molar refractivity (Wildman–Crippen MR) is 107 cm³/mol. The third-order valence-electron chi connectivity index (χ3n) is 4.23. The van der Waals surface area contributed by atoms with Crippen LogP contribution in [0.25, 0.3) is 0 Å². The summed E-state index contributed by atoms with van der Waals surface area (Å²) in [4.78, 5) is 15.4. The molecule has 3 rings (SSSR count). The number of benzene rings is 1. The summed E-state index contributed by atoms with van der Waals surface area (Å²) in [5.74, 6) is 1.63. The molecule has 0 saturated carbocycles. The first-order valence-corrected chi connectivity index (χ1v) is 8.94. The number of hydrogen-bond acceptors (Lipinski definition) is 5. The molecule has 0 bridgehead atoms. The van der Waals surface area contributed by atoms with Crippen LogP contribution < -0.4 is 10.2 Å². The van der Waals surface area contributed by atoms with Crippen LogP contribution in [-0.2, 0) is 12.8 Å². The molecule has 0 fully saturated rings. The molecule has 0 spiro atoms. The maximum atomic E-state index is 4.67. The molecule has 0 aliphatic rings. The van der Waals surface area contributed by atoms with Crippen molar-refractivity contribution in [2.45, 2.75) is 19.8 Å². The SMILES string of the molecule is Cc1cc(NCCc2ccccc2)nc(N(C)CCc2ccncc2)n1.